The van der Waals surface area contributed by atoms with E-state index in [4.69, 9.17) is 4.74 Å². The fourth-order valence-electron chi connectivity index (χ4n) is 2.15. The molecular formula is C17H13BrN2O2. The number of amides is 1. The second-order valence-corrected chi connectivity index (χ2v) is 5.57. The van der Waals surface area contributed by atoms with Crippen molar-refractivity contribution in [1.82, 2.24) is 4.98 Å². The van der Waals surface area contributed by atoms with Crippen molar-refractivity contribution < 1.29 is 9.53 Å². The highest BCUT2D eigenvalue weighted by Crippen LogP contribution is 2.26. The Balaban J connectivity index is 1.86. The summed E-state index contributed by atoms with van der Waals surface area (Å²) >= 11 is 3.37. The van der Waals surface area contributed by atoms with Gasteiger partial charge < -0.3 is 10.1 Å². The minimum absolute atomic E-state index is 0.193. The van der Waals surface area contributed by atoms with Crippen LogP contribution >= 0.6 is 15.9 Å². The zero-order valence-corrected chi connectivity index (χ0v) is 13.4. The number of nitrogens with one attached hydrogen (secondary N) is 1. The minimum Gasteiger partial charge on any atom is -0.496 e. The zero-order chi connectivity index (χ0) is 15.5. The highest BCUT2D eigenvalue weighted by Gasteiger charge is 2.10. The van der Waals surface area contributed by atoms with E-state index >= 15 is 0 Å². The maximum atomic E-state index is 12.3. The van der Waals surface area contributed by atoms with Gasteiger partial charge in [0.05, 0.1) is 17.1 Å². The molecular weight excluding hydrogens is 344 g/mol. The number of anilines is 1. The van der Waals surface area contributed by atoms with Crippen molar-refractivity contribution in [2.45, 2.75) is 0 Å². The van der Waals surface area contributed by atoms with Crippen molar-refractivity contribution in [3.63, 3.8) is 0 Å². The van der Waals surface area contributed by atoms with Gasteiger partial charge in [0, 0.05) is 22.8 Å². The molecule has 0 aliphatic rings. The van der Waals surface area contributed by atoms with Crippen molar-refractivity contribution in [3.05, 3.63) is 64.8 Å². The van der Waals surface area contributed by atoms with Gasteiger partial charge >= 0.3 is 0 Å². The van der Waals surface area contributed by atoms with Crippen LogP contribution in [0.5, 0.6) is 5.75 Å². The number of rotatable bonds is 3. The smallest absolute Gasteiger partial charge is 0.255 e. The Bertz CT molecular complexity index is 849. The average Bonchev–Trinajstić information content (AvgIpc) is 2.55. The number of hydrogen-bond donors (Lipinski definition) is 1. The first kappa shape index (κ1) is 14.5. The number of fused-ring (bicyclic) bond motifs is 1. The summed E-state index contributed by atoms with van der Waals surface area (Å²) in [4.78, 5) is 16.6. The van der Waals surface area contributed by atoms with Gasteiger partial charge in [0.25, 0.3) is 5.91 Å². The summed E-state index contributed by atoms with van der Waals surface area (Å²) in [6.45, 7) is 0. The van der Waals surface area contributed by atoms with Gasteiger partial charge in [0.2, 0.25) is 0 Å². The average molecular weight is 357 g/mol. The van der Waals surface area contributed by atoms with E-state index in [0.29, 0.717) is 17.0 Å². The Morgan fingerprint density at radius 2 is 2.05 bits per heavy atom. The fourth-order valence-corrected chi connectivity index (χ4v) is 2.56. The number of benzene rings is 2. The number of hydrogen-bond acceptors (Lipinski definition) is 3. The van der Waals surface area contributed by atoms with Crippen molar-refractivity contribution in [2.75, 3.05) is 12.4 Å². The molecule has 1 amide bonds. The molecule has 0 bridgehead atoms. The minimum atomic E-state index is -0.193. The molecule has 0 aliphatic heterocycles. The lowest BCUT2D eigenvalue weighted by molar-refractivity contribution is 0.102. The van der Waals surface area contributed by atoms with E-state index in [9.17, 15) is 4.79 Å². The molecule has 2 aromatic carbocycles. The van der Waals surface area contributed by atoms with Gasteiger partial charge in [0.1, 0.15) is 5.75 Å². The molecule has 0 saturated carbocycles. The molecule has 110 valence electrons. The third kappa shape index (κ3) is 2.94. The van der Waals surface area contributed by atoms with Crippen LogP contribution in [0.15, 0.2) is 59.2 Å². The Kier molecular flexibility index (Phi) is 4.06. The van der Waals surface area contributed by atoms with E-state index in [2.05, 4.69) is 26.2 Å². The molecule has 0 spiro atoms. The second-order valence-electron chi connectivity index (χ2n) is 4.71. The number of methoxy groups -OCH3 is 1. The van der Waals surface area contributed by atoms with Crippen LogP contribution in [0.25, 0.3) is 10.9 Å². The Morgan fingerprint density at radius 1 is 1.18 bits per heavy atom. The third-order valence-corrected chi connectivity index (χ3v) is 3.93. The van der Waals surface area contributed by atoms with Crippen molar-refractivity contribution in [2.24, 2.45) is 0 Å². The summed E-state index contributed by atoms with van der Waals surface area (Å²) < 4.78 is 6.01. The molecule has 22 heavy (non-hydrogen) atoms. The first-order chi connectivity index (χ1) is 10.7. The van der Waals surface area contributed by atoms with E-state index in [-0.39, 0.29) is 5.91 Å². The van der Waals surface area contributed by atoms with E-state index in [0.717, 1.165) is 15.4 Å². The summed E-state index contributed by atoms with van der Waals surface area (Å²) in [7, 11) is 1.57. The molecule has 0 atom stereocenters. The number of pyridine rings is 1. The van der Waals surface area contributed by atoms with Crippen molar-refractivity contribution >= 4 is 38.4 Å². The highest BCUT2D eigenvalue weighted by molar-refractivity contribution is 9.10. The zero-order valence-electron chi connectivity index (χ0n) is 11.8. The maximum absolute atomic E-state index is 12.3. The van der Waals surface area contributed by atoms with Gasteiger partial charge in [-0.15, -0.1) is 0 Å². The van der Waals surface area contributed by atoms with E-state index in [1.54, 1.807) is 31.5 Å². The number of carbonyl (C=O) groups is 1. The third-order valence-electron chi connectivity index (χ3n) is 3.28. The highest BCUT2D eigenvalue weighted by atomic mass is 79.9. The standard InChI is InChI=1S/C17H13BrN2O2/c1-22-16-9-12(5-7-14(16)18)17(21)20-13-6-4-11-3-2-8-19-15(11)10-13/h2-10H,1H3,(H,20,21). The topological polar surface area (TPSA) is 51.2 Å². The number of ether oxygens (including phenoxy) is 1. The molecule has 0 saturated heterocycles. The van der Waals surface area contributed by atoms with Crippen molar-refractivity contribution in [3.8, 4) is 5.75 Å². The number of halogens is 1. The predicted octanol–water partition coefficient (Wildman–Crippen LogP) is 4.26. The summed E-state index contributed by atoms with van der Waals surface area (Å²) in [5, 5.41) is 3.90. The van der Waals surface area contributed by atoms with Gasteiger partial charge in [-0.05, 0) is 52.3 Å². The second kappa shape index (κ2) is 6.15. The van der Waals surface area contributed by atoms with Crippen LogP contribution in [0.1, 0.15) is 10.4 Å². The van der Waals surface area contributed by atoms with Crippen LogP contribution in [0.3, 0.4) is 0 Å². The number of carbonyl (C=O) groups excluding carboxylic acids is 1. The van der Waals surface area contributed by atoms with Gasteiger partial charge in [-0.1, -0.05) is 12.1 Å². The Labute approximate surface area is 136 Å². The van der Waals surface area contributed by atoms with Crippen LogP contribution in [-0.2, 0) is 0 Å². The van der Waals surface area contributed by atoms with Crippen LogP contribution in [0.4, 0.5) is 5.69 Å². The van der Waals surface area contributed by atoms with Crippen molar-refractivity contribution in [1.29, 1.82) is 0 Å². The van der Waals surface area contributed by atoms with Crippen LogP contribution in [0.2, 0.25) is 0 Å². The number of aromatic nitrogens is 1. The predicted molar refractivity (Wildman–Crippen MR) is 90.4 cm³/mol. The van der Waals surface area contributed by atoms with Crippen LogP contribution < -0.4 is 10.1 Å². The Hall–Kier alpha value is -2.40. The van der Waals surface area contributed by atoms with Gasteiger partial charge in [-0.3, -0.25) is 9.78 Å². The first-order valence-corrected chi connectivity index (χ1v) is 7.46. The molecule has 1 N–H and O–H groups in total. The molecule has 3 aromatic rings. The largest absolute Gasteiger partial charge is 0.496 e. The normalized spacial score (nSPS) is 10.5. The summed E-state index contributed by atoms with van der Waals surface area (Å²) in [6.07, 6.45) is 1.73. The first-order valence-electron chi connectivity index (χ1n) is 6.67. The lowest BCUT2D eigenvalue weighted by Crippen LogP contribution is -2.12. The Morgan fingerprint density at radius 3 is 2.86 bits per heavy atom. The molecule has 4 nitrogen and oxygen atoms in total. The van der Waals surface area contributed by atoms with Gasteiger partial charge in [-0.2, -0.15) is 0 Å². The number of nitrogens with zero attached hydrogens (tertiary/aromatic N) is 1. The fraction of sp³-hybridized carbons (Fsp3) is 0.0588. The van der Waals surface area contributed by atoms with Crippen LogP contribution in [0, 0.1) is 0 Å². The summed E-state index contributed by atoms with van der Waals surface area (Å²) in [5.41, 5.74) is 2.08. The molecule has 0 radical (unpaired) electrons. The molecule has 0 unspecified atom stereocenters. The molecule has 0 fully saturated rings. The van der Waals surface area contributed by atoms with E-state index in [1.807, 2.05) is 30.3 Å². The monoisotopic (exact) mass is 356 g/mol. The molecule has 5 heteroatoms. The molecule has 3 rings (SSSR count). The molecule has 0 aliphatic carbocycles. The summed E-state index contributed by atoms with van der Waals surface area (Å²) in [5.74, 6) is 0.425. The lowest BCUT2D eigenvalue weighted by atomic mass is 10.1. The van der Waals surface area contributed by atoms with E-state index < -0.39 is 0 Å². The molecule has 1 heterocycles. The summed E-state index contributed by atoms with van der Waals surface area (Å²) in [6, 6.07) is 14.7. The van der Waals surface area contributed by atoms with Gasteiger partial charge in [-0.25, -0.2) is 0 Å². The SMILES string of the molecule is COc1cc(C(=O)Nc2ccc3cccnc3c2)ccc1Br. The lowest BCUT2D eigenvalue weighted by Gasteiger charge is -2.08. The van der Waals surface area contributed by atoms with E-state index in [1.165, 1.54) is 0 Å². The van der Waals surface area contributed by atoms with Crippen LogP contribution in [-0.4, -0.2) is 18.0 Å². The quantitative estimate of drug-likeness (QED) is 0.762. The maximum Gasteiger partial charge on any atom is 0.255 e. The molecule has 1 aromatic heterocycles. The van der Waals surface area contributed by atoms with Gasteiger partial charge in [0.15, 0.2) is 0 Å².